The summed E-state index contributed by atoms with van der Waals surface area (Å²) in [6, 6.07) is 23.1. The minimum absolute atomic E-state index is 0.143. The summed E-state index contributed by atoms with van der Waals surface area (Å²) in [7, 11) is 0. The molecule has 3 rings (SSSR count). The lowest BCUT2D eigenvalue weighted by atomic mass is 10.0. The summed E-state index contributed by atoms with van der Waals surface area (Å²) in [5.74, 6) is 0.347. The fourth-order valence-corrected chi connectivity index (χ4v) is 2.99. The third kappa shape index (κ3) is 4.33. The number of rotatable bonds is 6. The van der Waals surface area contributed by atoms with Crippen LogP contribution in [0.25, 0.3) is 0 Å². The van der Waals surface area contributed by atoms with Crippen LogP contribution in [-0.4, -0.2) is 9.99 Å². The van der Waals surface area contributed by atoms with Gasteiger partial charge in [0.2, 0.25) is 0 Å². The summed E-state index contributed by atoms with van der Waals surface area (Å²) in [4.78, 5) is 12.7. The van der Waals surface area contributed by atoms with Crippen LogP contribution >= 0.6 is 0 Å². The second-order valence-corrected chi connectivity index (χ2v) is 6.31. The van der Waals surface area contributed by atoms with E-state index in [1.807, 2.05) is 37.3 Å². The van der Waals surface area contributed by atoms with Crippen LogP contribution in [0.2, 0.25) is 0 Å². The number of hydrogen-bond acceptors (Lipinski definition) is 3. The van der Waals surface area contributed by atoms with Crippen LogP contribution < -0.4 is 8.91 Å². The Morgan fingerprint density at radius 1 is 0.880 bits per heavy atom. The molecule has 1 atom stereocenters. The van der Waals surface area contributed by atoms with Crippen molar-refractivity contribution in [3.63, 3.8) is 0 Å². The van der Waals surface area contributed by atoms with Gasteiger partial charge in [-0.1, -0.05) is 60.2 Å². The van der Waals surface area contributed by atoms with Crippen molar-refractivity contribution in [2.45, 2.75) is 6.92 Å². The Labute approximate surface area is 149 Å². The van der Waals surface area contributed by atoms with Crippen molar-refractivity contribution in [2.75, 3.05) is 4.72 Å². The molecule has 0 aliphatic heterocycles. The lowest BCUT2D eigenvalue weighted by Gasteiger charge is -2.11. The van der Waals surface area contributed by atoms with E-state index in [4.69, 9.17) is 4.18 Å². The van der Waals surface area contributed by atoms with E-state index in [1.165, 1.54) is 0 Å². The molecule has 0 spiro atoms. The van der Waals surface area contributed by atoms with Gasteiger partial charge in [0.25, 0.3) is 0 Å². The number of para-hydroxylation sites is 1. The van der Waals surface area contributed by atoms with Crippen molar-refractivity contribution < 1.29 is 13.2 Å². The van der Waals surface area contributed by atoms with Crippen LogP contribution in [0.15, 0.2) is 78.9 Å². The summed E-state index contributed by atoms with van der Waals surface area (Å²) >= 11 is -1.81. The molecule has 0 fully saturated rings. The number of nitrogens with one attached hydrogen (secondary N) is 1. The molecule has 0 aliphatic rings. The van der Waals surface area contributed by atoms with Crippen LogP contribution in [0.1, 0.15) is 21.5 Å². The third-order valence-electron chi connectivity index (χ3n) is 3.59. The van der Waals surface area contributed by atoms with Gasteiger partial charge in [-0.3, -0.25) is 9.52 Å². The van der Waals surface area contributed by atoms with Crippen LogP contribution in [0.3, 0.4) is 0 Å². The van der Waals surface area contributed by atoms with E-state index in [-0.39, 0.29) is 5.78 Å². The van der Waals surface area contributed by atoms with Gasteiger partial charge in [0.15, 0.2) is 5.78 Å². The highest BCUT2D eigenvalue weighted by Crippen LogP contribution is 2.21. The average Bonchev–Trinajstić information content (AvgIpc) is 2.64. The number of carbonyl (C=O) groups is 1. The van der Waals surface area contributed by atoms with E-state index in [1.54, 1.807) is 48.5 Å². The van der Waals surface area contributed by atoms with Gasteiger partial charge in [-0.25, -0.2) is 0 Å². The number of ketones is 1. The predicted octanol–water partition coefficient (Wildman–Crippen LogP) is 4.30. The molecule has 25 heavy (non-hydrogen) atoms. The maximum atomic E-state index is 12.7. The summed E-state index contributed by atoms with van der Waals surface area (Å²) in [5.41, 5.74) is 2.56. The number of anilines is 1. The van der Waals surface area contributed by atoms with Gasteiger partial charge in [0, 0.05) is 11.1 Å². The Morgan fingerprint density at radius 2 is 1.52 bits per heavy atom. The fraction of sp³-hybridized carbons (Fsp3) is 0.0500. The van der Waals surface area contributed by atoms with E-state index >= 15 is 0 Å². The van der Waals surface area contributed by atoms with Gasteiger partial charge < -0.3 is 4.18 Å². The minimum Gasteiger partial charge on any atom is -0.385 e. The Balaban J connectivity index is 1.78. The van der Waals surface area contributed by atoms with Crippen LogP contribution in [0.5, 0.6) is 5.75 Å². The first kappa shape index (κ1) is 16.9. The highest BCUT2D eigenvalue weighted by Gasteiger charge is 2.15. The number of carbonyl (C=O) groups excluding carboxylic acids is 1. The van der Waals surface area contributed by atoms with Crippen LogP contribution in [-0.2, 0) is 11.3 Å². The Morgan fingerprint density at radius 3 is 2.24 bits per heavy atom. The monoisotopic (exact) mass is 351 g/mol. The molecule has 5 heteroatoms. The van der Waals surface area contributed by atoms with E-state index in [0.717, 1.165) is 5.56 Å². The smallest absolute Gasteiger partial charge is 0.316 e. The molecule has 3 aromatic carbocycles. The maximum Gasteiger partial charge on any atom is 0.316 e. The standard InChI is InChI=1S/C20H17NO3S/c1-15-11-13-17(14-12-15)24-25(23)21-19-10-6-5-9-18(19)20(22)16-7-3-2-4-8-16/h2-14,21H,1H3. The second-order valence-electron chi connectivity index (χ2n) is 5.47. The molecule has 0 saturated carbocycles. The van der Waals surface area contributed by atoms with Crippen molar-refractivity contribution in [3.8, 4) is 5.75 Å². The number of aryl methyl sites for hydroxylation is 1. The van der Waals surface area contributed by atoms with Crippen molar-refractivity contribution in [2.24, 2.45) is 0 Å². The van der Waals surface area contributed by atoms with E-state index in [2.05, 4.69) is 4.72 Å². The summed E-state index contributed by atoms with van der Waals surface area (Å²) in [5, 5.41) is 0. The fourth-order valence-electron chi connectivity index (χ4n) is 2.31. The molecule has 1 unspecified atom stereocenters. The lowest BCUT2D eigenvalue weighted by Crippen LogP contribution is -2.14. The van der Waals surface area contributed by atoms with Gasteiger partial charge in [-0.05, 0) is 31.2 Å². The first-order chi connectivity index (χ1) is 12.1. The van der Waals surface area contributed by atoms with Crippen LogP contribution in [0, 0.1) is 6.92 Å². The molecule has 0 saturated heterocycles. The molecule has 126 valence electrons. The van der Waals surface area contributed by atoms with Gasteiger partial charge in [-0.15, -0.1) is 0 Å². The normalized spacial score (nSPS) is 11.6. The van der Waals surface area contributed by atoms with E-state index in [9.17, 15) is 9.00 Å². The van der Waals surface area contributed by atoms with Crippen molar-refractivity contribution in [1.29, 1.82) is 0 Å². The highest BCUT2D eigenvalue weighted by atomic mass is 32.2. The Kier molecular flexibility index (Phi) is 5.26. The molecule has 0 aromatic heterocycles. The molecule has 0 bridgehead atoms. The quantitative estimate of drug-likeness (QED) is 0.674. The van der Waals surface area contributed by atoms with E-state index < -0.39 is 11.3 Å². The van der Waals surface area contributed by atoms with Gasteiger partial charge >= 0.3 is 11.3 Å². The molecule has 0 radical (unpaired) electrons. The topological polar surface area (TPSA) is 55.4 Å². The summed E-state index contributed by atoms with van der Waals surface area (Å²) < 4.78 is 20.4. The van der Waals surface area contributed by atoms with Crippen molar-refractivity contribution in [3.05, 3.63) is 95.6 Å². The molecular weight excluding hydrogens is 334 g/mol. The lowest BCUT2D eigenvalue weighted by molar-refractivity contribution is 0.103. The maximum absolute atomic E-state index is 12.7. The molecule has 1 N–H and O–H groups in total. The van der Waals surface area contributed by atoms with Crippen LogP contribution in [0.4, 0.5) is 5.69 Å². The average molecular weight is 351 g/mol. The Hall–Kier alpha value is -2.92. The number of benzene rings is 3. The minimum atomic E-state index is -1.81. The van der Waals surface area contributed by atoms with E-state index in [0.29, 0.717) is 22.6 Å². The van der Waals surface area contributed by atoms with Gasteiger partial charge in [0.05, 0.1) is 5.69 Å². The third-order valence-corrected chi connectivity index (χ3v) is 4.32. The largest absolute Gasteiger partial charge is 0.385 e. The van der Waals surface area contributed by atoms with Gasteiger partial charge in [-0.2, -0.15) is 4.21 Å². The molecule has 3 aromatic rings. The SMILES string of the molecule is Cc1ccc(OS(=O)Nc2ccccc2C(=O)c2ccccc2)cc1. The first-order valence-corrected chi connectivity index (χ1v) is 8.83. The molecule has 0 aliphatic carbocycles. The van der Waals surface area contributed by atoms with Gasteiger partial charge in [0.1, 0.15) is 5.75 Å². The zero-order valence-corrected chi connectivity index (χ0v) is 14.5. The molecule has 0 heterocycles. The molecule has 0 amide bonds. The first-order valence-electron chi connectivity index (χ1n) is 7.76. The molecular formula is C20H17NO3S. The molecule has 4 nitrogen and oxygen atoms in total. The number of hydrogen-bond donors (Lipinski definition) is 1. The highest BCUT2D eigenvalue weighted by molar-refractivity contribution is 7.82. The van der Waals surface area contributed by atoms with Crippen molar-refractivity contribution in [1.82, 2.24) is 0 Å². The summed E-state index contributed by atoms with van der Waals surface area (Å²) in [6.07, 6.45) is 0. The van der Waals surface area contributed by atoms with Crippen molar-refractivity contribution >= 4 is 22.7 Å². The summed E-state index contributed by atoms with van der Waals surface area (Å²) in [6.45, 7) is 1.96. The zero-order chi connectivity index (χ0) is 17.6. The zero-order valence-electron chi connectivity index (χ0n) is 13.6. The Bertz CT molecular complexity index is 892. The second kappa shape index (κ2) is 7.77. The predicted molar refractivity (Wildman–Crippen MR) is 99.9 cm³/mol.